The molecule has 0 atom stereocenters. The Morgan fingerprint density at radius 2 is 1.93 bits per heavy atom. The molecule has 0 saturated carbocycles. The second kappa shape index (κ2) is 8.96. The van der Waals surface area contributed by atoms with E-state index in [1.165, 1.54) is 18.2 Å². The average molecular weight is 398 g/mol. The number of carbonyl (C=O) groups is 1. The van der Waals surface area contributed by atoms with E-state index in [9.17, 15) is 9.18 Å². The predicted octanol–water partition coefficient (Wildman–Crippen LogP) is 4.40. The summed E-state index contributed by atoms with van der Waals surface area (Å²) in [4.78, 5) is 16.4. The van der Waals surface area contributed by atoms with Gasteiger partial charge in [0, 0.05) is 42.3 Å². The summed E-state index contributed by atoms with van der Waals surface area (Å²) >= 11 is 0. The molecule has 0 aliphatic heterocycles. The van der Waals surface area contributed by atoms with Gasteiger partial charge in [0.05, 0.1) is 5.69 Å². The third-order valence-electron chi connectivity index (χ3n) is 4.47. The highest BCUT2D eigenvalue weighted by atomic mass is 19.1. The highest BCUT2D eigenvalue weighted by molar-refractivity contribution is 5.92. The molecule has 30 heavy (non-hydrogen) atoms. The molecule has 1 N–H and O–H groups in total. The number of carbonyl (C=O) groups excluding carboxylic acids is 1. The minimum absolute atomic E-state index is 0.250. The number of pyridine rings is 1. The van der Waals surface area contributed by atoms with Crippen LogP contribution in [-0.2, 0) is 11.3 Å². The van der Waals surface area contributed by atoms with Crippen molar-refractivity contribution >= 4 is 12.0 Å². The number of aromatic nitrogens is 3. The number of rotatable bonds is 6. The number of nitrogens with one attached hydrogen (secondary N) is 1. The molecule has 0 fully saturated rings. The summed E-state index contributed by atoms with van der Waals surface area (Å²) in [6.45, 7) is 0.250. The number of para-hydroxylation sites is 1. The molecule has 1 amide bonds. The standard InChI is InChI=1S/C24H19FN4O/c25-21-8-4-6-18(14-21)15-27-23(30)12-11-20-17-29(22-9-2-1-3-10-22)28-24(20)19-7-5-13-26-16-19/h1-14,16-17H,15H2,(H,27,30)/b12-11+. The Bertz CT molecular complexity index is 1170. The second-order valence-electron chi connectivity index (χ2n) is 6.64. The topological polar surface area (TPSA) is 59.8 Å². The zero-order chi connectivity index (χ0) is 20.8. The Kier molecular flexibility index (Phi) is 5.75. The molecule has 0 spiro atoms. The summed E-state index contributed by atoms with van der Waals surface area (Å²) < 4.78 is 15.0. The number of amides is 1. The van der Waals surface area contributed by atoms with Crippen molar-refractivity contribution in [3.05, 3.63) is 108 Å². The van der Waals surface area contributed by atoms with Crippen LogP contribution in [0.25, 0.3) is 23.0 Å². The van der Waals surface area contributed by atoms with E-state index in [-0.39, 0.29) is 18.3 Å². The molecule has 0 radical (unpaired) electrons. The zero-order valence-electron chi connectivity index (χ0n) is 16.1. The van der Waals surface area contributed by atoms with Crippen LogP contribution in [0.4, 0.5) is 4.39 Å². The minimum Gasteiger partial charge on any atom is -0.348 e. The number of nitrogens with zero attached hydrogens (tertiary/aromatic N) is 3. The average Bonchev–Trinajstić information content (AvgIpc) is 3.22. The molecular weight excluding hydrogens is 379 g/mol. The van der Waals surface area contributed by atoms with Crippen LogP contribution in [0.2, 0.25) is 0 Å². The quantitative estimate of drug-likeness (QED) is 0.490. The summed E-state index contributed by atoms with van der Waals surface area (Å²) in [5.74, 6) is -0.601. The Balaban J connectivity index is 1.56. The summed E-state index contributed by atoms with van der Waals surface area (Å²) in [7, 11) is 0. The maximum atomic E-state index is 13.3. The van der Waals surface area contributed by atoms with Crippen molar-refractivity contribution in [2.24, 2.45) is 0 Å². The van der Waals surface area contributed by atoms with Crippen molar-refractivity contribution in [2.75, 3.05) is 0 Å². The summed E-state index contributed by atoms with van der Waals surface area (Å²) in [5, 5.41) is 7.45. The van der Waals surface area contributed by atoms with Gasteiger partial charge >= 0.3 is 0 Å². The number of halogens is 1. The van der Waals surface area contributed by atoms with Gasteiger partial charge in [-0.2, -0.15) is 5.10 Å². The lowest BCUT2D eigenvalue weighted by atomic mass is 10.1. The van der Waals surface area contributed by atoms with Crippen LogP contribution in [0.15, 0.2) is 91.4 Å². The van der Waals surface area contributed by atoms with Gasteiger partial charge in [-0.3, -0.25) is 9.78 Å². The number of hydrogen-bond acceptors (Lipinski definition) is 3. The maximum Gasteiger partial charge on any atom is 0.244 e. The molecule has 2 heterocycles. The van der Waals surface area contributed by atoms with Gasteiger partial charge < -0.3 is 5.32 Å². The van der Waals surface area contributed by atoms with Crippen LogP contribution in [0.5, 0.6) is 0 Å². The molecule has 0 unspecified atom stereocenters. The molecule has 0 bridgehead atoms. The van der Waals surface area contributed by atoms with Crippen LogP contribution in [0.1, 0.15) is 11.1 Å². The highest BCUT2D eigenvalue weighted by Crippen LogP contribution is 2.24. The van der Waals surface area contributed by atoms with E-state index in [0.29, 0.717) is 5.56 Å². The Morgan fingerprint density at radius 1 is 1.07 bits per heavy atom. The maximum absolute atomic E-state index is 13.3. The first kappa shape index (κ1) is 19.3. The lowest BCUT2D eigenvalue weighted by Crippen LogP contribution is -2.20. The van der Waals surface area contributed by atoms with Crippen LogP contribution < -0.4 is 5.32 Å². The molecule has 5 nitrogen and oxygen atoms in total. The first-order valence-electron chi connectivity index (χ1n) is 9.45. The van der Waals surface area contributed by atoms with Gasteiger partial charge in [0.25, 0.3) is 0 Å². The zero-order valence-corrected chi connectivity index (χ0v) is 16.1. The molecular formula is C24H19FN4O. The molecule has 2 aromatic carbocycles. The van der Waals surface area contributed by atoms with E-state index in [1.54, 1.807) is 35.3 Å². The van der Waals surface area contributed by atoms with Crippen molar-refractivity contribution in [3.63, 3.8) is 0 Å². The van der Waals surface area contributed by atoms with Gasteiger partial charge in [0.1, 0.15) is 11.5 Å². The molecule has 4 rings (SSSR count). The van der Waals surface area contributed by atoms with Gasteiger partial charge in [-0.1, -0.05) is 30.3 Å². The monoisotopic (exact) mass is 398 g/mol. The van der Waals surface area contributed by atoms with Crippen molar-refractivity contribution in [1.82, 2.24) is 20.1 Å². The Morgan fingerprint density at radius 3 is 2.70 bits per heavy atom. The SMILES string of the molecule is O=C(/C=C/c1cn(-c2ccccc2)nc1-c1cccnc1)NCc1cccc(F)c1. The van der Waals surface area contributed by atoms with Crippen LogP contribution >= 0.6 is 0 Å². The number of benzene rings is 2. The summed E-state index contributed by atoms with van der Waals surface area (Å²) in [5.41, 5.74) is 3.98. The fraction of sp³-hybridized carbons (Fsp3) is 0.0417. The van der Waals surface area contributed by atoms with E-state index in [1.807, 2.05) is 48.7 Å². The van der Waals surface area contributed by atoms with E-state index in [0.717, 1.165) is 22.5 Å². The lowest BCUT2D eigenvalue weighted by Gasteiger charge is -2.02. The van der Waals surface area contributed by atoms with Crippen LogP contribution in [-0.4, -0.2) is 20.7 Å². The molecule has 148 valence electrons. The van der Waals surface area contributed by atoms with E-state index < -0.39 is 0 Å². The van der Waals surface area contributed by atoms with Gasteiger partial charge in [0.15, 0.2) is 0 Å². The van der Waals surface area contributed by atoms with Gasteiger partial charge in [0.2, 0.25) is 5.91 Å². The fourth-order valence-electron chi connectivity index (χ4n) is 3.01. The molecule has 0 aliphatic rings. The first-order chi connectivity index (χ1) is 14.7. The first-order valence-corrected chi connectivity index (χ1v) is 9.45. The highest BCUT2D eigenvalue weighted by Gasteiger charge is 2.11. The molecule has 0 aliphatic carbocycles. The normalized spacial score (nSPS) is 11.0. The third-order valence-corrected chi connectivity index (χ3v) is 4.47. The largest absolute Gasteiger partial charge is 0.348 e. The summed E-state index contributed by atoms with van der Waals surface area (Å²) in [6.07, 6.45) is 8.47. The fourth-order valence-corrected chi connectivity index (χ4v) is 3.01. The molecule has 0 saturated heterocycles. The van der Waals surface area contributed by atoms with E-state index in [4.69, 9.17) is 0 Å². The smallest absolute Gasteiger partial charge is 0.244 e. The number of hydrogen-bond donors (Lipinski definition) is 1. The van der Waals surface area contributed by atoms with Crippen LogP contribution in [0, 0.1) is 5.82 Å². The molecule has 4 aromatic rings. The predicted molar refractivity (Wildman–Crippen MR) is 114 cm³/mol. The Hall–Kier alpha value is -4.06. The van der Waals surface area contributed by atoms with Gasteiger partial charge in [-0.25, -0.2) is 9.07 Å². The molecule has 6 heteroatoms. The van der Waals surface area contributed by atoms with Crippen molar-refractivity contribution in [3.8, 4) is 16.9 Å². The van der Waals surface area contributed by atoms with Crippen molar-refractivity contribution < 1.29 is 9.18 Å². The van der Waals surface area contributed by atoms with Crippen LogP contribution in [0.3, 0.4) is 0 Å². The van der Waals surface area contributed by atoms with E-state index >= 15 is 0 Å². The van der Waals surface area contributed by atoms with Gasteiger partial charge in [-0.05, 0) is 48.0 Å². The third kappa shape index (κ3) is 4.67. The minimum atomic E-state index is -0.327. The molecule has 2 aromatic heterocycles. The second-order valence-corrected chi connectivity index (χ2v) is 6.64. The van der Waals surface area contributed by atoms with Gasteiger partial charge in [-0.15, -0.1) is 0 Å². The van der Waals surface area contributed by atoms with E-state index in [2.05, 4.69) is 15.4 Å². The lowest BCUT2D eigenvalue weighted by molar-refractivity contribution is -0.116. The van der Waals surface area contributed by atoms with Crippen molar-refractivity contribution in [1.29, 1.82) is 0 Å². The van der Waals surface area contributed by atoms with Crippen molar-refractivity contribution in [2.45, 2.75) is 6.54 Å². The summed E-state index contributed by atoms with van der Waals surface area (Å²) in [6, 6.07) is 19.7. The Labute approximate surface area is 173 Å².